The third-order valence-corrected chi connectivity index (χ3v) is 5.49. The topological polar surface area (TPSA) is 148 Å². The summed E-state index contributed by atoms with van der Waals surface area (Å²) in [5.74, 6) is 0. The van der Waals surface area contributed by atoms with Crippen molar-refractivity contribution in [1.29, 1.82) is 0 Å². The van der Waals surface area contributed by atoms with Gasteiger partial charge in [-0.2, -0.15) is 8.42 Å². The molecule has 1 aromatic carbocycles. The highest BCUT2D eigenvalue weighted by molar-refractivity contribution is 7.86. The van der Waals surface area contributed by atoms with Crippen molar-refractivity contribution >= 4 is 10.1 Å². The Hall–Kier alpha value is -2.31. The summed E-state index contributed by atoms with van der Waals surface area (Å²) >= 11 is 0. The van der Waals surface area contributed by atoms with Crippen LogP contribution in [0.15, 0.2) is 51.0 Å². The van der Waals surface area contributed by atoms with Crippen molar-refractivity contribution < 1.29 is 27.6 Å². The van der Waals surface area contributed by atoms with Crippen LogP contribution in [-0.4, -0.2) is 53.1 Å². The van der Waals surface area contributed by atoms with E-state index in [-0.39, 0.29) is 4.90 Å². The Bertz CT molecular complexity index is 1030. The van der Waals surface area contributed by atoms with E-state index in [1.807, 2.05) is 4.98 Å². The van der Waals surface area contributed by atoms with Crippen molar-refractivity contribution in [2.45, 2.75) is 36.4 Å². The summed E-state index contributed by atoms with van der Waals surface area (Å²) in [4.78, 5) is 25.1. The first kappa shape index (κ1) is 19.5. The van der Waals surface area contributed by atoms with Crippen LogP contribution >= 0.6 is 0 Å². The van der Waals surface area contributed by atoms with E-state index in [0.717, 1.165) is 22.4 Å². The fourth-order valence-corrected chi connectivity index (χ4v) is 3.81. The molecule has 4 atom stereocenters. The Morgan fingerprint density at radius 3 is 2.48 bits per heavy atom. The minimum atomic E-state index is -4.30. The van der Waals surface area contributed by atoms with Crippen LogP contribution < -0.4 is 11.2 Å². The van der Waals surface area contributed by atoms with E-state index in [1.165, 1.54) is 12.1 Å². The van der Waals surface area contributed by atoms with Crippen LogP contribution in [0.5, 0.6) is 0 Å². The van der Waals surface area contributed by atoms with E-state index in [1.54, 1.807) is 19.1 Å². The number of aliphatic hydroxyl groups is 2. The number of aryl methyl sites for hydroxylation is 1. The van der Waals surface area contributed by atoms with Crippen LogP contribution in [0.3, 0.4) is 0 Å². The molecule has 0 spiro atoms. The Balaban J connectivity index is 1.98. The number of hydrogen-bond donors (Lipinski definition) is 3. The van der Waals surface area contributed by atoms with Gasteiger partial charge in [-0.25, -0.2) is 4.79 Å². The molecule has 11 heteroatoms. The monoisotopic (exact) mass is 398 g/mol. The molecule has 0 radical (unpaired) electrons. The largest absolute Gasteiger partial charge is 0.394 e. The molecule has 2 aromatic rings. The number of aliphatic hydroxyl groups excluding tert-OH is 2. The van der Waals surface area contributed by atoms with Gasteiger partial charge in [-0.1, -0.05) is 17.7 Å². The Kier molecular flexibility index (Phi) is 5.31. The second-order valence-corrected chi connectivity index (χ2v) is 7.66. The number of hydrogen-bond acceptors (Lipinski definition) is 8. The number of H-pyrrole nitrogens is 1. The Morgan fingerprint density at radius 1 is 1.22 bits per heavy atom. The number of nitrogens with one attached hydrogen (secondary N) is 1. The maximum atomic E-state index is 12.6. The highest BCUT2D eigenvalue weighted by atomic mass is 32.2. The lowest BCUT2D eigenvalue weighted by molar-refractivity contribution is -0.0519. The average Bonchev–Trinajstić information content (AvgIpc) is 2.91. The molecule has 0 unspecified atom stereocenters. The fraction of sp³-hybridized carbons (Fsp3) is 0.375. The predicted molar refractivity (Wildman–Crippen MR) is 91.6 cm³/mol. The van der Waals surface area contributed by atoms with Gasteiger partial charge in [0.1, 0.15) is 12.2 Å². The van der Waals surface area contributed by atoms with Crippen molar-refractivity contribution in [2.75, 3.05) is 6.61 Å². The molecule has 1 aromatic heterocycles. The van der Waals surface area contributed by atoms with Crippen LogP contribution in [0.2, 0.25) is 0 Å². The first-order chi connectivity index (χ1) is 12.7. The normalized spacial score (nSPS) is 25.6. The molecule has 146 valence electrons. The van der Waals surface area contributed by atoms with Gasteiger partial charge in [0.25, 0.3) is 15.7 Å². The molecule has 0 aliphatic carbocycles. The smallest absolute Gasteiger partial charge is 0.330 e. The van der Waals surface area contributed by atoms with Crippen molar-refractivity contribution in [2.24, 2.45) is 0 Å². The van der Waals surface area contributed by atoms with Crippen molar-refractivity contribution in [3.05, 3.63) is 62.9 Å². The molecular formula is C16H18N2O8S. The van der Waals surface area contributed by atoms with E-state index in [4.69, 9.17) is 8.92 Å². The van der Waals surface area contributed by atoms with Crippen LogP contribution in [0.25, 0.3) is 0 Å². The second-order valence-electron chi connectivity index (χ2n) is 6.08. The number of rotatable bonds is 5. The Labute approximate surface area is 153 Å². The van der Waals surface area contributed by atoms with Gasteiger partial charge in [-0.15, -0.1) is 0 Å². The van der Waals surface area contributed by atoms with Gasteiger partial charge in [-0.3, -0.25) is 18.5 Å². The lowest BCUT2D eigenvalue weighted by atomic mass is 10.1. The standard InChI is InChI=1S/C16H18N2O8S/c1-9-2-4-10(5-3-9)27(23,24)26-14-13(21)11(8-19)25-15(14)18-7-6-12(20)17-16(18)22/h2-7,11,13-15,19,21H,8H2,1H3,(H,17,20,22)/t11-,13-,14+,15-/m1/s1. The van der Waals surface area contributed by atoms with Crippen molar-refractivity contribution in [3.63, 3.8) is 0 Å². The third kappa shape index (κ3) is 3.87. The summed E-state index contributed by atoms with van der Waals surface area (Å²) in [5, 5.41) is 19.7. The number of ether oxygens (including phenoxy) is 1. The quantitative estimate of drug-likeness (QED) is 0.536. The van der Waals surface area contributed by atoms with Crippen LogP contribution in [-0.2, 0) is 19.0 Å². The van der Waals surface area contributed by atoms with Gasteiger partial charge in [0.05, 0.1) is 11.5 Å². The number of benzene rings is 1. The van der Waals surface area contributed by atoms with Gasteiger partial charge in [-0.05, 0) is 19.1 Å². The predicted octanol–water partition coefficient (Wildman–Crippen LogP) is -1.13. The maximum absolute atomic E-state index is 12.6. The van der Waals surface area contributed by atoms with Gasteiger partial charge in [0, 0.05) is 12.3 Å². The zero-order valence-electron chi connectivity index (χ0n) is 14.2. The third-order valence-electron chi connectivity index (χ3n) is 4.17. The lowest BCUT2D eigenvalue weighted by Gasteiger charge is -2.21. The molecule has 27 heavy (non-hydrogen) atoms. The van der Waals surface area contributed by atoms with E-state index < -0.39 is 52.5 Å². The summed E-state index contributed by atoms with van der Waals surface area (Å²) in [5.41, 5.74) is -0.686. The fourth-order valence-electron chi connectivity index (χ4n) is 2.73. The first-order valence-electron chi connectivity index (χ1n) is 7.99. The first-order valence-corrected chi connectivity index (χ1v) is 9.39. The van der Waals surface area contributed by atoms with Crippen LogP contribution in [0, 0.1) is 6.92 Å². The second kappa shape index (κ2) is 7.37. The number of aromatic nitrogens is 2. The zero-order valence-corrected chi connectivity index (χ0v) is 15.0. The van der Waals surface area contributed by atoms with Gasteiger partial charge in [0.2, 0.25) is 0 Å². The summed E-state index contributed by atoms with van der Waals surface area (Å²) in [6, 6.07) is 6.89. The minimum Gasteiger partial charge on any atom is -0.394 e. The molecular weight excluding hydrogens is 380 g/mol. The SMILES string of the molecule is Cc1ccc(S(=O)(=O)O[C@H]2[C@H](O)[C@@H](CO)O[C@H]2n2ccc(=O)[nH]c2=O)cc1. The average molecular weight is 398 g/mol. The minimum absolute atomic E-state index is 0.139. The maximum Gasteiger partial charge on any atom is 0.330 e. The highest BCUT2D eigenvalue weighted by Gasteiger charge is 2.48. The van der Waals surface area contributed by atoms with E-state index in [9.17, 15) is 28.2 Å². The molecule has 1 aliphatic rings. The van der Waals surface area contributed by atoms with E-state index in [2.05, 4.69) is 0 Å². The van der Waals surface area contributed by atoms with Crippen LogP contribution in [0.1, 0.15) is 11.8 Å². The molecule has 3 rings (SSSR count). The molecule has 1 saturated heterocycles. The van der Waals surface area contributed by atoms with Crippen molar-refractivity contribution in [1.82, 2.24) is 9.55 Å². The summed E-state index contributed by atoms with van der Waals surface area (Å²) in [6.45, 7) is 1.16. The molecule has 3 N–H and O–H groups in total. The molecule has 10 nitrogen and oxygen atoms in total. The summed E-state index contributed by atoms with van der Waals surface area (Å²) in [7, 11) is -4.30. The van der Waals surface area contributed by atoms with Gasteiger partial charge >= 0.3 is 5.69 Å². The van der Waals surface area contributed by atoms with Crippen LogP contribution in [0.4, 0.5) is 0 Å². The number of aromatic amines is 1. The zero-order chi connectivity index (χ0) is 19.8. The molecule has 0 amide bonds. The van der Waals surface area contributed by atoms with Crippen molar-refractivity contribution in [3.8, 4) is 0 Å². The molecule has 0 saturated carbocycles. The highest BCUT2D eigenvalue weighted by Crippen LogP contribution is 2.33. The lowest BCUT2D eigenvalue weighted by Crippen LogP contribution is -2.40. The molecule has 1 aliphatic heterocycles. The van der Waals surface area contributed by atoms with Gasteiger partial charge in [0.15, 0.2) is 12.3 Å². The Morgan fingerprint density at radius 2 is 1.89 bits per heavy atom. The molecule has 0 bridgehead atoms. The summed E-state index contributed by atoms with van der Waals surface area (Å²) in [6.07, 6.45) is -4.50. The molecule has 2 heterocycles. The number of nitrogens with zero attached hydrogens (tertiary/aromatic N) is 1. The van der Waals surface area contributed by atoms with E-state index in [0.29, 0.717) is 0 Å². The van der Waals surface area contributed by atoms with E-state index >= 15 is 0 Å². The summed E-state index contributed by atoms with van der Waals surface area (Å²) < 4.78 is 36.6. The molecule has 1 fully saturated rings. The van der Waals surface area contributed by atoms with Gasteiger partial charge < -0.3 is 14.9 Å².